The second-order valence-electron chi connectivity index (χ2n) is 5.75. The van der Waals surface area contributed by atoms with Crippen LogP contribution < -0.4 is 10.1 Å². The van der Waals surface area contributed by atoms with Crippen molar-refractivity contribution in [3.63, 3.8) is 0 Å². The van der Waals surface area contributed by atoms with Crippen LogP contribution in [0.2, 0.25) is 5.02 Å². The molecule has 0 amide bonds. The minimum absolute atomic E-state index is 0.0283. The van der Waals surface area contributed by atoms with Crippen LogP contribution in [0.3, 0.4) is 0 Å². The highest BCUT2D eigenvalue weighted by atomic mass is 79.9. The molecule has 0 saturated heterocycles. The highest BCUT2D eigenvalue weighted by molar-refractivity contribution is 9.10. The highest BCUT2D eigenvalue weighted by Crippen LogP contribution is 2.32. The number of nitrogens with one attached hydrogen (secondary N) is 1. The number of ether oxygens (including phenoxy) is 1. The summed E-state index contributed by atoms with van der Waals surface area (Å²) < 4.78 is 6.78. The summed E-state index contributed by atoms with van der Waals surface area (Å²) in [5.41, 5.74) is 1.02. The molecule has 1 N–H and O–H groups in total. The van der Waals surface area contributed by atoms with Crippen molar-refractivity contribution in [3.8, 4) is 11.6 Å². The van der Waals surface area contributed by atoms with Crippen LogP contribution in [0.25, 0.3) is 0 Å². The van der Waals surface area contributed by atoms with E-state index in [2.05, 4.69) is 47.0 Å². The Labute approximate surface area is 138 Å². The van der Waals surface area contributed by atoms with Crippen molar-refractivity contribution in [2.24, 2.45) is 0 Å². The maximum Gasteiger partial charge on any atom is 0.223 e. The molecule has 0 fully saturated rings. The Morgan fingerprint density at radius 3 is 2.76 bits per heavy atom. The van der Waals surface area contributed by atoms with E-state index in [1.54, 1.807) is 12.3 Å². The molecule has 2 rings (SSSR count). The van der Waals surface area contributed by atoms with Crippen LogP contribution in [-0.2, 0) is 6.54 Å². The van der Waals surface area contributed by atoms with Crippen LogP contribution in [0, 0.1) is 0 Å². The van der Waals surface area contributed by atoms with Crippen LogP contribution in [0.4, 0.5) is 0 Å². The summed E-state index contributed by atoms with van der Waals surface area (Å²) in [7, 11) is 0. The lowest BCUT2D eigenvalue weighted by Crippen LogP contribution is -2.35. The Kier molecular flexibility index (Phi) is 5.25. The average molecular weight is 370 g/mol. The van der Waals surface area contributed by atoms with Crippen molar-refractivity contribution in [3.05, 3.63) is 51.6 Å². The SMILES string of the molecule is CC(C)(C)NCc1cccnc1Oc1cc(Br)ccc1Cl. The van der Waals surface area contributed by atoms with Gasteiger partial charge in [0.15, 0.2) is 0 Å². The zero-order valence-corrected chi connectivity index (χ0v) is 14.6. The van der Waals surface area contributed by atoms with E-state index >= 15 is 0 Å². The van der Waals surface area contributed by atoms with E-state index < -0.39 is 0 Å². The molecule has 0 aliphatic carbocycles. The zero-order chi connectivity index (χ0) is 15.5. The molecule has 0 radical (unpaired) electrons. The van der Waals surface area contributed by atoms with Gasteiger partial charge in [-0.2, -0.15) is 0 Å². The molecular formula is C16H18BrClN2O. The molecule has 21 heavy (non-hydrogen) atoms. The molecule has 2 aromatic rings. The lowest BCUT2D eigenvalue weighted by atomic mass is 10.1. The van der Waals surface area contributed by atoms with Crippen LogP contribution in [0.1, 0.15) is 26.3 Å². The Hall–Kier alpha value is -1.10. The van der Waals surface area contributed by atoms with E-state index in [-0.39, 0.29) is 5.54 Å². The predicted octanol–water partition coefficient (Wildman–Crippen LogP) is 5.18. The molecule has 0 aliphatic rings. The van der Waals surface area contributed by atoms with Crippen molar-refractivity contribution in [2.75, 3.05) is 0 Å². The van der Waals surface area contributed by atoms with E-state index in [4.69, 9.17) is 16.3 Å². The molecule has 0 unspecified atom stereocenters. The van der Waals surface area contributed by atoms with Crippen LogP contribution in [-0.4, -0.2) is 10.5 Å². The number of hydrogen-bond acceptors (Lipinski definition) is 3. The standard InChI is InChI=1S/C16H18BrClN2O/c1-16(2,3)20-10-11-5-4-8-19-15(11)21-14-9-12(17)6-7-13(14)18/h4-9,20H,10H2,1-3H3. The highest BCUT2D eigenvalue weighted by Gasteiger charge is 2.13. The second-order valence-corrected chi connectivity index (χ2v) is 7.07. The third kappa shape index (κ3) is 4.99. The van der Waals surface area contributed by atoms with Crippen molar-refractivity contribution < 1.29 is 4.74 Å². The quantitative estimate of drug-likeness (QED) is 0.806. The molecule has 0 bridgehead atoms. The normalized spacial score (nSPS) is 11.5. The molecule has 1 aromatic heterocycles. The fraction of sp³-hybridized carbons (Fsp3) is 0.312. The summed E-state index contributed by atoms with van der Waals surface area (Å²) in [5.74, 6) is 1.15. The fourth-order valence-electron chi connectivity index (χ4n) is 1.67. The molecule has 3 nitrogen and oxygen atoms in total. The number of rotatable bonds is 4. The summed E-state index contributed by atoms with van der Waals surface area (Å²) in [6.07, 6.45) is 1.71. The second kappa shape index (κ2) is 6.77. The van der Waals surface area contributed by atoms with Gasteiger partial charge >= 0.3 is 0 Å². The fourth-order valence-corrected chi connectivity index (χ4v) is 2.17. The number of nitrogens with zero attached hydrogens (tertiary/aromatic N) is 1. The maximum absolute atomic E-state index is 6.16. The average Bonchev–Trinajstić information content (AvgIpc) is 2.41. The van der Waals surface area contributed by atoms with Crippen LogP contribution >= 0.6 is 27.5 Å². The van der Waals surface area contributed by atoms with E-state index in [1.165, 1.54) is 0 Å². The Balaban J connectivity index is 2.22. The largest absolute Gasteiger partial charge is 0.437 e. The van der Waals surface area contributed by atoms with Gasteiger partial charge in [-0.15, -0.1) is 0 Å². The van der Waals surface area contributed by atoms with Gasteiger partial charge in [0, 0.05) is 28.3 Å². The number of halogens is 2. The first kappa shape index (κ1) is 16.3. The molecule has 0 saturated carbocycles. The lowest BCUT2D eigenvalue weighted by molar-refractivity contribution is 0.409. The minimum Gasteiger partial charge on any atom is -0.437 e. The van der Waals surface area contributed by atoms with Gasteiger partial charge in [-0.3, -0.25) is 0 Å². The van der Waals surface area contributed by atoms with Gasteiger partial charge in [-0.25, -0.2) is 4.98 Å². The van der Waals surface area contributed by atoms with Crippen molar-refractivity contribution in [2.45, 2.75) is 32.9 Å². The number of benzene rings is 1. The maximum atomic E-state index is 6.16. The minimum atomic E-state index is 0.0283. The van der Waals surface area contributed by atoms with Gasteiger partial charge in [-0.05, 0) is 45.0 Å². The van der Waals surface area contributed by atoms with Gasteiger partial charge in [0.05, 0.1) is 5.02 Å². The van der Waals surface area contributed by atoms with E-state index in [0.29, 0.717) is 23.2 Å². The molecule has 1 aromatic carbocycles. The number of hydrogen-bond donors (Lipinski definition) is 1. The topological polar surface area (TPSA) is 34.2 Å². The molecule has 112 valence electrons. The van der Waals surface area contributed by atoms with Gasteiger partial charge < -0.3 is 10.1 Å². The first-order chi connectivity index (χ1) is 9.85. The summed E-state index contributed by atoms with van der Waals surface area (Å²) >= 11 is 9.57. The Bertz CT molecular complexity index is 626. The Morgan fingerprint density at radius 2 is 2.05 bits per heavy atom. The van der Waals surface area contributed by atoms with Crippen molar-refractivity contribution in [1.29, 1.82) is 0 Å². The number of aromatic nitrogens is 1. The lowest BCUT2D eigenvalue weighted by Gasteiger charge is -2.21. The third-order valence-corrected chi connectivity index (χ3v) is 3.56. The molecule has 1 heterocycles. The Morgan fingerprint density at radius 1 is 1.29 bits per heavy atom. The molecule has 5 heteroatoms. The summed E-state index contributed by atoms with van der Waals surface area (Å²) in [4.78, 5) is 4.31. The number of pyridine rings is 1. The van der Waals surface area contributed by atoms with Gasteiger partial charge in [-0.1, -0.05) is 33.6 Å². The third-order valence-electron chi connectivity index (χ3n) is 2.76. The van der Waals surface area contributed by atoms with Gasteiger partial charge in [0.1, 0.15) is 5.75 Å². The summed E-state index contributed by atoms with van der Waals surface area (Å²) in [6.45, 7) is 7.04. The van der Waals surface area contributed by atoms with Gasteiger partial charge in [0.25, 0.3) is 0 Å². The summed E-state index contributed by atoms with van der Waals surface area (Å²) in [5, 5.41) is 3.98. The molecule has 0 spiro atoms. The first-order valence-corrected chi connectivity index (χ1v) is 7.84. The van der Waals surface area contributed by atoms with Gasteiger partial charge in [0.2, 0.25) is 5.88 Å². The molecular weight excluding hydrogens is 352 g/mol. The van der Waals surface area contributed by atoms with E-state index in [0.717, 1.165) is 10.0 Å². The predicted molar refractivity (Wildman–Crippen MR) is 90.1 cm³/mol. The molecule has 0 aliphatic heterocycles. The first-order valence-electron chi connectivity index (χ1n) is 6.67. The molecule has 0 atom stereocenters. The van der Waals surface area contributed by atoms with E-state index in [1.807, 2.05) is 24.3 Å². The van der Waals surface area contributed by atoms with Crippen LogP contribution in [0.5, 0.6) is 11.6 Å². The van der Waals surface area contributed by atoms with Crippen molar-refractivity contribution in [1.82, 2.24) is 10.3 Å². The smallest absolute Gasteiger partial charge is 0.223 e. The van der Waals surface area contributed by atoms with Crippen LogP contribution in [0.15, 0.2) is 41.0 Å². The monoisotopic (exact) mass is 368 g/mol. The van der Waals surface area contributed by atoms with E-state index in [9.17, 15) is 0 Å². The zero-order valence-electron chi connectivity index (χ0n) is 12.3. The summed E-state index contributed by atoms with van der Waals surface area (Å²) in [6, 6.07) is 9.38. The van der Waals surface area contributed by atoms with Crippen molar-refractivity contribution >= 4 is 27.5 Å².